The van der Waals surface area contributed by atoms with Crippen LogP contribution < -0.4 is 15.4 Å². The highest BCUT2D eigenvalue weighted by Gasteiger charge is 2.06. The third-order valence-electron chi connectivity index (χ3n) is 2.51. The predicted molar refractivity (Wildman–Crippen MR) is 86.5 cm³/mol. The van der Waals surface area contributed by atoms with Crippen LogP contribution in [-0.2, 0) is 9.59 Å². The molecule has 1 aromatic carbocycles. The van der Waals surface area contributed by atoms with Crippen molar-refractivity contribution in [3.63, 3.8) is 0 Å². The van der Waals surface area contributed by atoms with E-state index in [4.69, 9.17) is 4.74 Å². The van der Waals surface area contributed by atoms with Gasteiger partial charge < -0.3 is 15.4 Å². The van der Waals surface area contributed by atoms with Gasteiger partial charge in [0.25, 0.3) is 0 Å². The Bertz CT molecular complexity index is 504. The summed E-state index contributed by atoms with van der Waals surface area (Å²) in [7, 11) is 0. The van der Waals surface area contributed by atoms with E-state index in [-0.39, 0.29) is 17.9 Å². The molecule has 0 fully saturated rings. The number of hydrogen-bond donors (Lipinski definition) is 2. The highest BCUT2D eigenvalue weighted by molar-refractivity contribution is 9.10. The molecule has 0 saturated heterocycles. The predicted octanol–water partition coefficient (Wildman–Crippen LogP) is 3.09. The monoisotopic (exact) mass is 356 g/mol. The fourth-order valence-electron chi connectivity index (χ4n) is 1.70. The maximum absolute atomic E-state index is 11.5. The molecule has 0 aromatic heterocycles. The van der Waals surface area contributed by atoms with E-state index in [1.807, 2.05) is 19.9 Å². The van der Waals surface area contributed by atoms with Crippen LogP contribution in [0.4, 0.5) is 5.69 Å². The average molecular weight is 357 g/mol. The molecule has 0 heterocycles. The number of hydrogen-bond acceptors (Lipinski definition) is 3. The number of rotatable bonds is 7. The Morgan fingerprint density at radius 3 is 2.67 bits per heavy atom. The highest BCUT2D eigenvalue weighted by Crippen LogP contribution is 2.28. The Morgan fingerprint density at radius 1 is 1.33 bits per heavy atom. The van der Waals surface area contributed by atoms with Crippen LogP contribution in [0.1, 0.15) is 33.6 Å². The van der Waals surface area contributed by atoms with Gasteiger partial charge in [0, 0.05) is 31.1 Å². The third-order valence-corrected chi connectivity index (χ3v) is 3.16. The van der Waals surface area contributed by atoms with E-state index in [1.54, 1.807) is 12.1 Å². The van der Waals surface area contributed by atoms with Gasteiger partial charge in [0.15, 0.2) is 0 Å². The molecule has 0 atom stereocenters. The van der Waals surface area contributed by atoms with Crippen LogP contribution in [0.5, 0.6) is 5.75 Å². The van der Waals surface area contributed by atoms with E-state index in [2.05, 4.69) is 26.6 Å². The minimum Gasteiger partial charge on any atom is -0.492 e. The Hall–Kier alpha value is -1.56. The molecular formula is C15H21BrN2O3. The van der Waals surface area contributed by atoms with Gasteiger partial charge in [-0.15, -0.1) is 0 Å². The number of halogens is 1. The van der Waals surface area contributed by atoms with Crippen LogP contribution in [-0.4, -0.2) is 24.5 Å². The minimum absolute atomic E-state index is 0.0275. The van der Waals surface area contributed by atoms with Gasteiger partial charge in [-0.05, 0) is 48.3 Å². The van der Waals surface area contributed by atoms with Gasteiger partial charge in [0.2, 0.25) is 11.8 Å². The molecule has 0 bridgehead atoms. The molecule has 116 valence electrons. The molecule has 0 radical (unpaired) electrons. The molecule has 0 spiro atoms. The summed E-state index contributed by atoms with van der Waals surface area (Å²) in [5.74, 6) is 0.541. The number of nitrogens with one attached hydrogen (secondary N) is 2. The average Bonchev–Trinajstić information content (AvgIpc) is 2.36. The third kappa shape index (κ3) is 7.13. The van der Waals surface area contributed by atoms with Gasteiger partial charge in [0.05, 0.1) is 11.1 Å². The lowest BCUT2D eigenvalue weighted by Gasteiger charge is -2.11. The molecule has 2 N–H and O–H groups in total. The van der Waals surface area contributed by atoms with Crippen molar-refractivity contribution >= 4 is 33.4 Å². The van der Waals surface area contributed by atoms with Crippen molar-refractivity contribution in [2.24, 2.45) is 0 Å². The zero-order chi connectivity index (χ0) is 15.8. The summed E-state index contributed by atoms with van der Waals surface area (Å²) in [6.07, 6.45) is 1.07. The molecular weight excluding hydrogens is 336 g/mol. The summed E-state index contributed by atoms with van der Waals surface area (Å²) in [6.45, 7) is 5.75. The molecule has 0 aliphatic rings. The van der Waals surface area contributed by atoms with Crippen molar-refractivity contribution in [1.82, 2.24) is 5.32 Å². The Morgan fingerprint density at radius 2 is 2.05 bits per heavy atom. The molecule has 1 aromatic rings. The number of ether oxygens (including phenoxy) is 1. The first kappa shape index (κ1) is 17.5. The summed E-state index contributed by atoms with van der Waals surface area (Å²) < 4.78 is 6.44. The SMILES string of the molecule is CC(=O)Nc1ccc(Br)c(OCCCC(=O)NC(C)C)c1. The summed E-state index contributed by atoms with van der Waals surface area (Å²) >= 11 is 3.39. The summed E-state index contributed by atoms with van der Waals surface area (Å²) in [4.78, 5) is 22.5. The summed E-state index contributed by atoms with van der Waals surface area (Å²) in [5.41, 5.74) is 0.679. The standard InChI is InChI=1S/C15H21BrN2O3/c1-10(2)17-15(20)5-4-8-21-14-9-12(18-11(3)19)6-7-13(14)16/h6-7,9-10H,4-5,8H2,1-3H3,(H,17,20)(H,18,19). The van der Waals surface area contributed by atoms with Crippen molar-refractivity contribution in [3.8, 4) is 5.75 Å². The van der Waals surface area contributed by atoms with Crippen LogP contribution in [0.3, 0.4) is 0 Å². The Labute approximate surface area is 133 Å². The van der Waals surface area contributed by atoms with Crippen LogP contribution >= 0.6 is 15.9 Å². The lowest BCUT2D eigenvalue weighted by atomic mass is 10.2. The van der Waals surface area contributed by atoms with Gasteiger partial charge in [0.1, 0.15) is 5.75 Å². The van der Waals surface area contributed by atoms with Gasteiger partial charge in [-0.1, -0.05) is 0 Å². The number of amides is 2. The van der Waals surface area contributed by atoms with Crippen molar-refractivity contribution in [3.05, 3.63) is 22.7 Å². The first-order valence-corrected chi connectivity index (χ1v) is 7.67. The zero-order valence-electron chi connectivity index (χ0n) is 12.5. The highest BCUT2D eigenvalue weighted by atomic mass is 79.9. The van der Waals surface area contributed by atoms with Crippen LogP contribution in [0.2, 0.25) is 0 Å². The van der Waals surface area contributed by atoms with Crippen LogP contribution in [0.25, 0.3) is 0 Å². The molecule has 0 saturated carbocycles. The Kier molecular flexibility index (Phi) is 7.22. The van der Waals surface area contributed by atoms with Gasteiger partial charge in [-0.25, -0.2) is 0 Å². The lowest BCUT2D eigenvalue weighted by molar-refractivity contribution is -0.121. The van der Waals surface area contributed by atoms with Crippen LogP contribution in [0, 0.1) is 0 Å². The van der Waals surface area contributed by atoms with Gasteiger partial charge in [-0.2, -0.15) is 0 Å². The van der Waals surface area contributed by atoms with E-state index in [1.165, 1.54) is 6.92 Å². The van der Waals surface area contributed by atoms with Crippen molar-refractivity contribution in [2.75, 3.05) is 11.9 Å². The molecule has 2 amide bonds. The normalized spacial score (nSPS) is 10.3. The smallest absolute Gasteiger partial charge is 0.221 e. The maximum atomic E-state index is 11.5. The zero-order valence-corrected chi connectivity index (χ0v) is 14.1. The van der Waals surface area contributed by atoms with E-state index < -0.39 is 0 Å². The van der Waals surface area contributed by atoms with E-state index in [9.17, 15) is 9.59 Å². The van der Waals surface area contributed by atoms with Gasteiger partial charge in [-0.3, -0.25) is 9.59 Å². The molecule has 0 unspecified atom stereocenters. The molecule has 21 heavy (non-hydrogen) atoms. The number of carbonyl (C=O) groups excluding carboxylic acids is 2. The molecule has 5 nitrogen and oxygen atoms in total. The number of benzene rings is 1. The fraction of sp³-hybridized carbons (Fsp3) is 0.467. The molecule has 6 heteroatoms. The summed E-state index contributed by atoms with van der Waals surface area (Å²) in [5, 5.41) is 5.53. The molecule has 0 aliphatic carbocycles. The molecule has 1 rings (SSSR count). The van der Waals surface area contributed by atoms with Crippen LogP contribution in [0.15, 0.2) is 22.7 Å². The summed E-state index contributed by atoms with van der Waals surface area (Å²) in [6, 6.07) is 5.50. The van der Waals surface area contributed by atoms with Crippen molar-refractivity contribution in [2.45, 2.75) is 39.7 Å². The lowest BCUT2D eigenvalue weighted by Crippen LogP contribution is -2.30. The van der Waals surface area contributed by atoms with Gasteiger partial charge >= 0.3 is 0 Å². The maximum Gasteiger partial charge on any atom is 0.221 e. The Balaban J connectivity index is 2.44. The van der Waals surface area contributed by atoms with Crippen molar-refractivity contribution < 1.29 is 14.3 Å². The first-order chi connectivity index (χ1) is 9.88. The fourth-order valence-corrected chi connectivity index (χ4v) is 2.07. The largest absolute Gasteiger partial charge is 0.492 e. The van der Waals surface area contributed by atoms with E-state index in [0.29, 0.717) is 30.9 Å². The van der Waals surface area contributed by atoms with E-state index >= 15 is 0 Å². The second kappa shape index (κ2) is 8.67. The van der Waals surface area contributed by atoms with E-state index in [0.717, 1.165) is 4.47 Å². The number of carbonyl (C=O) groups is 2. The molecule has 0 aliphatic heterocycles. The topological polar surface area (TPSA) is 67.4 Å². The number of anilines is 1. The quantitative estimate of drug-likeness (QED) is 0.737. The second-order valence-electron chi connectivity index (χ2n) is 5.00. The first-order valence-electron chi connectivity index (χ1n) is 6.87. The minimum atomic E-state index is -0.131. The second-order valence-corrected chi connectivity index (χ2v) is 5.85. The van der Waals surface area contributed by atoms with Crippen molar-refractivity contribution in [1.29, 1.82) is 0 Å².